The number of rotatable bonds is 8. The van der Waals surface area contributed by atoms with E-state index in [1.165, 1.54) is 18.3 Å². The van der Waals surface area contributed by atoms with Crippen molar-refractivity contribution in [3.63, 3.8) is 0 Å². The number of ether oxygens (including phenoxy) is 2. The zero-order valence-electron chi connectivity index (χ0n) is 22.0. The van der Waals surface area contributed by atoms with E-state index in [9.17, 15) is 17.6 Å². The third-order valence-corrected chi connectivity index (χ3v) is 7.69. The Bertz CT molecular complexity index is 1530. The van der Waals surface area contributed by atoms with Gasteiger partial charge in [-0.1, -0.05) is 0 Å². The van der Waals surface area contributed by atoms with Crippen LogP contribution < -0.4 is 10.2 Å². The number of hydrogen-bond donors (Lipinski definition) is 1. The molecule has 7 nitrogen and oxygen atoms in total. The number of halogens is 4. The fourth-order valence-electron chi connectivity index (χ4n) is 5.25. The lowest BCUT2D eigenvalue weighted by molar-refractivity contribution is -0.161. The Balaban J connectivity index is 1.18. The number of imidazole rings is 1. The van der Waals surface area contributed by atoms with Crippen molar-refractivity contribution in [1.29, 1.82) is 0 Å². The van der Waals surface area contributed by atoms with Crippen molar-refractivity contribution < 1.29 is 27.0 Å². The zero-order valence-corrected chi connectivity index (χ0v) is 22.0. The van der Waals surface area contributed by atoms with Crippen LogP contribution in [0.5, 0.6) is 0 Å². The molecule has 0 spiro atoms. The number of pyridine rings is 2. The lowest BCUT2D eigenvalue weighted by Crippen LogP contribution is -2.36. The van der Waals surface area contributed by atoms with Gasteiger partial charge in [-0.2, -0.15) is 13.2 Å². The van der Waals surface area contributed by atoms with Crippen LogP contribution in [-0.4, -0.2) is 53.6 Å². The number of anilines is 2. The van der Waals surface area contributed by atoms with E-state index in [0.717, 1.165) is 41.1 Å². The summed E-state index contributed by atoms with van der Waals surface area (Å²) in [6.45, 7) is 4.71. The molecule has 0 amide bonds. The number of alkyl halides is 3. The molecule has 6 rings (SSSR count). The second kappa shape index (κ2) is 10.4. The van der Waals surface area contributed by atoms with E-state index in [-0.39, 0.29) is 37.6 Å². The largest absolute Gasteiger partial charge is 0.399 e. The van der Waals surface area contributed by atoms with Gasteiger partial charge in [0.25, 0.3) is 0 Å². The minimum Gasteiger partial charge on any atom is -0.378 e. The van der Waals surface area contributed by atoms with Crippen LogP contribution in [0.1, 0.15) is 29.7 Å². The second-order valence-electron chi connectivity index (χ2n) is 10.3. The standard InChI is InChI=1S/C29H29F4N5O2/c1-19-12-23(30)24(36-18-40-17-20-2-5-34-26(13-20)28(3-4-28)29(31,32)33)15-22(19)21-14-25(37-8-10-39-11-9-37)27-35-6-7-38(27)16-21/h2,5-7,12-16,36H,3-4,8-11,17-18H2,1H3. The van der Waals surface area contributed by atoms with E-state index in [1.807, 2.05) is 23.7 Å². The quantitative estimate of drug-likeness (QED) is 0.167. The molecule has 0 radical (unpaired) electrons. The van der Waals surface area contributed by atoms with Gasteiger partial charge >= 0.3 is 6.18 Å². The van der Waals surface area contributed by atoms with Crippen LogP contribution in [0.2, 0.25) is 0 Å². The SMILES string of the molecule is Cc1cc(F)c(NCOCc2ccnc(C3(C(F)(F)F)CC3)c2)cc1-c1cc(N2CCOCC2)c2nccn2c1. The molecule has 4 heterocycles. The van der Waals surface area contributed by atoms with Crippen LogP contribution in [0.4, 0.5) is 28.9 Å². The fourth-order valence-corrected chi connectivity index (χ4v) is 5.25. The summed E-state index contributed by atoms with van der Waals surface area (Å²) < 4.78 is 68.5. The average molecular weight is 556 g/mol. The summed E-state index contributed by atoms with van der Waals surface area (Å²) in [6.07, 6.45) is 2.76. The van der Waals surface area contributed by atoms with Crippen molar-refractivity contribution in [2.24, 2.45) is 0 Å². The normalized spacial score (nSPS) is 16.9. The average Bonchev–Trinajstić information content (AvgIpc) is 3.64. The van der Waals surface area contributed by atoms with E-state index >= 15 is 0 Å². The Labute approximate surface area is 228 Å². The van der Waals surface area contributed by atoms with Gasteiger partial charge < -0.3 is 24.1 Å². The number of hydrogen-bond acceptors (Lipinski definition) is 6. The molecule has 0 unspecified atom stereocenters. The number of aromatic nitrogens is 3. The Morgan fingerprint density at radius 2 is 1.88 bits per heavy atom. The summed E-state index contributed by atoms with van der Waals surface area (Å²) in [5, 5.41) is 2.97. The van der Waals surface area contributed by atoms with Gasteiger partial charge in [-0.05, 0) is 66.8 Å². The van der Waals surface area contributed by atoms with Crippen molar-refractivity contribution in [3.8, 4) is 11.1 Å². The number of fused-ring (bicyclic) bond motifs is 1. The van der Waals surface area contributed by atoms with Gasteiger partial charge in [0.1, 0.15) is 18.0 Å². The van der Waals surface area contributed by atoms with Gasteiger partial charge in [-0.3, -0.25) is 4.98 Å². The van der Waals surface area contributed by atoms with Crippen molar-refractivity contribution >= 4 is 17.0 Å². The van der Waals surface area contributed by atoms with Gasteiger partial charge in [-0.25, -0.2) is 9.37 Å². The van der Waals surface area contributed by atoms with Gasteiger partial charge in [-0.15, -0.1) is 0 Å². The topological polar surface area (TPSA) is 63.9 Å². The summed E-state index contributed by atoms with van der Waals surface area (Å²) in [7, 11) is 0. The highest BCUT2D eigenvalue weighted by atomic mass is 19.4. The van der Waals surface area contributed by atoms with Crippen LogP contribution >= 0.6 is 0 Å². The molecular weight excluding hydrogens is 526 g/mol. The van der Waals surface area contributed by atoms with Crippen LogP contribution in [0.15, 0.2) is 55.1 Å². The molecule has 0 bridgehead atoms. The van der Waals surface area contributed by atoms with Gasteiger partial charge in [0.05, 0.1) is 36.9 Å². The van der Waals surface area contributed by atoms with E-state index in [4.69, 9.17) is 9.47 Å². The molecule has 3 aromatic heterocycles. The number of aryl methyl sites for hydroxylation is 1. The van der Waals surface area contributed by atoms with E-state index in [1.54, 1.807) is 18.3 Å². The summed E-state index contributed by atoms with van der Waals surface area (Å²) >= 11 is 0. The summed E-state index contributed by atoms with van der Waals surface area (Å²) in [6, 6.07) is 8.37. The summed E-state index contributed by atoms with van der Waals surface area (Å²) in [5.74, 6) is -0.422. The van der Waals surface area contributed by atoms with Crippen molar-refractivity contribution in [1.82, 2.24) is 14.4 Å². The van der Waals surface area contributed by atoms with Crippen LogP contribution in [-0.2, 0) is 21.5 Å². The molecule has 210 valence electrons. The minimum atomic E-state index is -4.33. The fraction of sp³-hybridized carbons (Fsp3) is 0.379. The predicted molar refractivity (Wildman–Crippen MR) is 143 cm³/mol. The molecule has 4 aromatic rings. The van der Waals surface area contributed by atoms with Crippen LogP contribution in [0.3, 0.4) is 0 Å². The zero-order chi connectivity index (χ0) is 27.9. The summed E-state index contributed by atoms with van der Waals surface area (Å²) in [5.41, 5.74) is 3.41. The number of nitrogens with one attached hydrogen (secondary N) is 1. The summed E-state index contributed by atoms with van der Waals surface area (Å²) in [4.78, 5) is 10.7. The lowest BCUT2D eigenvalue weighted by Gasteiger charge is -2.29. The lowest BCUT2D eigenvalue weighted by atomic mass is 10.00. The minimum absolute atomic E-state index is 0.0228. The predicted octanol–water partition coefficient (Wildman–Crippen LogP) is 5.86. The first-order valence-corrected chi connectivity index (χ1v) is 13.2. The molecule has 40 heavy (non-hydrogen) atoms. The van der Waals surface area contributed by atoms with Crippen molar-refractivity contribution in [2.45, 2.75) is 38.0 Å². The molecule has 1 saturated heterocycles. The van der Waals surface area contributed by atoms with Gasteiger partial charge in [0.2, 0.25) is 0 Å². The van der Waals surface area contributed by atoms with Crippen molar-refractivity contribution in [3.05, 3.63) is 77.8 Å². The monoisotopic (exact) mass is 555 g/mol. The number of nitrogens with zero attached hydrogens (tertiary/aromatic N) is 4. The number of benzene rings is 1. The molecule has 2 fully saturated rings. The maximum absolute atomic E-state index is 14.9. The Hall–Kier alpha value is -3.70. The highest BCUT2D eigenvalue weighted by molar-refractivity contribution is 5.80. The molecule has 1 aromatic carbocycles. The van der Waals surface area contributed by atoms with Gasteiger partial charge in [0.15, 0.2) is 5.65 Å². The molecule has 11 heteroatoms. The van der Waals surface area contributed by atoms with E-state index < -0.39 is 17.4 Å². The third-order valence-electron chi connectivity index (χ3n) is 7.69. The first kappa shape index (κ1) is 26.5. The maximum Gasteiger partial charge on any atom is 0.399 e. The first-order valence-electron chi connectivity index (χ1n) is 13.2. The van der Waals surface area contributed by atoms with E-state index in [0.29, 0.717) is 18.8 Å². The Kier molecular flexibility index (Phi) is 6.87. The molecule has 0 atom stereocenters. The Morgan fingerprint density at radius 3 is 2.62 bits per heavy atom. The Morgan fingerprint density at radius 1 is 1.07 bits per heavy atom. The van der Waals surface area contributed by atoms with Crippen LogP contribution in [0, 0.1) is 12.7 Å². The van der Waals surface area contributed by atoms with Crippen LogP contribution in [0.25, 0.3) is 16.8 Å². The van der Waals surface area contributed by atoms with Crippen molar-refractivity contribution in [2.75, 3.05) is 43.3 Å². The molecule has 1 saturated carbocycles. The highest BCUT2D eigenvalue weighted by Crippen LogP contribution is 2.58. The second-order valence-corrected chi connectivity index (χ2v) is 10.3. The molecule has 1 aliphatic carbocycles. The molecule has 1 N–H and O–H groups in total. The smallest absolute Gasteiger partial charge is 0.378 e. The van der Waals surface area contributed by atoms with Gasteiger partial charge in [0, 0.05) is 43.4 Å². The molecular formula is C29H29F4N5O2. The first-order chi connectivity index (χ1) is 19.2. The maximum atomic E-state index is 14.9. The third kappa shape index (κ3) is 4.99. The number of morpholine rings is 1. The molecule has 1 aliphatic heterocycles. The molecule has 2 aliphatic rings. The van der Waals surface area contributed by atoms with E-state index in [2.05, 4.69) is 26.3 Å². The highest BCUT2D eigenvalue weighted by Gasteiger charge is 2.65.